The van der Waals surface area contributed by atoms with Crippen LogP contribution in [0.3, 0.4) is 0 Å². The van der Waals surface area contributed by atoms with E-state index >= 15 is 0 Å². The average Bonchev–Trinajstić information content (AvgIpc) is 2.92. The predicted octanol–water partition coefficient (Wildman–Crippen LogP) is 1.06. The molecule has 2 rings (SSSR count). The Labute approximate surface area is 113 Å². The molecular weight excluding hydrogens is 248 g/mol. The van der Waals surface area contributed by atoms with E-state index in [2.05, 4.69) is 5.32 Å². The van der Waals surface area contributed by atoms with Crippen molar-refractivity contribution in [1.29, 1.82) is 0 Å². The number of carboxylic acid groups (broad SMARTS) is 1. The van der Waals surface area contributed by atoms with E-state index in [1.165, 1.54) is 0 Å². The molecular formula is C13H22N2O4. The second kappa shape index (κ2) is 6.23. The van der Waals surface area contributed by atoms with Gasteiger partial charge in [0, 0.05) is 19.7 Å². The summed E-state index contributed by atoms with van der Waals surface area (Å²) in [6.07, 6.45) is 3.85. The van der Waals surface area contributed by atoms with Gasteiger partial charge in [-0.1, -0.05) is 6.42 Å². The minimum Gasteiger partial charge on any atom is -0.481 e. The third-order valence-electron chi connectivity index (χ3n) is 4.12. The molecule has 6 heteroatoms. The molecule has 0 aromatic carbocycles. The lowest BCUT2D eigenvalue weighted by molar-refractivity contribution is -0.143. The van der Waals surface area contributed by atoms with Crippen molar-refractivity contribution < 1.29 is 19.4 Å². The normalized spacial score (nSPS) is 30.9. The van der Waals surface area contributed by atoms with E-state index in [4.69, 9.17) is 9.84 Å². The van der Waals surface area contributed by atoms with E-state index in [1.54, 1.807) is 11.9 Å². The lowest BCUT2D eigenvalue weighted by Crippen LogP contribution is -2.49. The number of ether oxygens (including phenoxy) is 1. The van der Waals surface area contributed by atoms with Crippen molar-refractivity contribution in [3.63, 3.8) is 0 Å². The van der Waals surface area contributed by atoms with Gasteiger partial charge in [0.1, 0.15) is 0 Å². The van der Waals surface area contributed by atoms with Gasteiger partial charge in [-0.15, -0.1) is 0 Å². The van der Waals surface area contributed by atoms with E-state index in [0.717, 1.165) is 19.3 Å². The molecule has 0 aromatic rings. The fourth-order valence-corrected chi connectivity index (χ4v) is 2.81. The Morgan fingerprint density at radius 2 is 2.11 bits per heavy atom. The lowest BCUT2D eigenvalue weighted by atomic mass is 9.86. The highest BCUT2D eigenvalue weighted by molar-refractivity contribution is 5.75. The molecule has 2 aliphatic rings. The maximum absolute atomic E-state index is 12.1. The van der Waals surface area contributed by atoms with Crippen LogP contribution >= 0.6 is 0 Å². The molecule has 2 amide bonds. The van der Waals surface area contributed by atoms with Crippen molar-refractivity contribution in [3.05, 3.63) is 0 Å². The highest BCUT2D eigenvalue weighted by Crippen LogP contribution is 2.24. The summed E-state index contributed by atoms with van der Waals surface area (Å²) in [6.45, 7) is 1.29. The van der Waals surface area contributed by atoms with Crippen LogP contribution in [0.2, 0.25) is 0 Å². The maximum Gasteiger partial charge on any atom is 0.317 e. The first-order valence-corrected chi connectivity index (χ1v) is 6.92. The summed E-state index contributed by atoms with van der Waals surface area (Å²) in [5, 5.41) is 12.0. The molecule has 0 bridgehead atoms. The standard InChI is InChI=1S/C13H22N2O4/c1-15(11-5-6-19-8-11)13(18)14-10-4-2-3-9(7-10)12(16)17/h9-11H,2-8H2,1H3,(H,14,18)(H,16,17). The number of aliphatic carboxylic acids is 1. The predicted molar refractivity (Wildman–Crippen MR) is 68.9 cm³/mol. The molecule has 2 fully saturated rings. The number of hydrogen-bond acceptors (Lipinski definition) is 3. The number of likely N-dealkylation sites (N-methyl/N-ethyl adjacent to an activating group) is 1. The number of rotatable bonds is 3. The Kier molecular flexibility index (Phi) is 4.63. The maximum atomic E-state index is 12.1. The van der Waals surface area contributed by atoms with Crippen molar-refractivity contribution in [2.75, 3.05) is 20.3 Å². The summed E-state index contributed by atoms with van der Waals surface area (Å²) >= 11 is 0. The fraction of sp³-hybridized carbons (Fsp3) is 0.846. The van der Waals surface area contributed by atoms with Crippen LogP contribution in [0.25, 0.3) is 0 Å². The Hall–Kier alpha value is -1.30. The SMILES string of the molecule is CN(C(=O)NC1CCCC(C(=O)O)C1)C1CCOC1. The van der Waals surface area contributed by atoms with E-state index in [1.807, 2.05) is 0 Å². The highest BCUT2D eigenvalue weighted by Gasteiger charge is 2.30. The van der Waals surface area contributed by atoms with E-state index in [0.29, 0.717) is 26.1 Å². The van der Waals surface area contributed by atoms with E-state index in [9.17, 15) is 9.59 Å². The fourth-order valence-electron chi connectivity index (χ4n) is 2.81. The molecule has 0 spiro atoms. The summed E-state index contributed by atoms with van der Waals surface area (Å²) in [5.41, 5.74) is 0. The van der Waals surface area contributed by atoms with Gasteiger partial charge in [-0.3, -0.25) is 4.79 Å². The molecule has 1 heterocycles. The van der Waals surface area contributed by atoms with Crippen LogP contribution in [-0.2, 0) is 9.53 Å². The summed E-state index contributed by atoms with van der Waals surface area (Å²) in [4.78, 5) is 24.8. The van der Waals surface area contributed by atoms with Crippen LogP contribution in [0.15, 0.2) is 0 Å². The first kappa shape index (κ1) is 14.1. The van der Waals surface area contributed by atoms with Crippen LogP contribution in [0.4, 0.5) is 4.79 Å². The quantitative estimate of drug-likeness (QED) is 0.803. The number of carboxylic acids is 1. The zero-order valence-corrected chi connectivity index (χ0v) is 11.3. The minimum absolute atomic E-state index is 0.0212. The van der Waals surface area contributed by atoms with Gasteiger partial charge < -0.3 is 20.1 Å². The first-order chi connectivity index (χ1) is 9.08. The first-order valence-electron chi connectivity index (χ1n) is 6.92. The number of urea groups is 1. The monoisotopic (exact) mass is 270 g/mol. The minimum atomic E-state index is -0.753. The zero-order chi connectivity index (χ0) is 13.8. The zero-order valence-electron chi connectivity index (χ0n) is 11.3. The van der Waals surface area contributed by atoms with Crippen LogP contribution in [-0.4, -0.2) is 54.4 Å². The molecule has 0 aromatic heterocycles. The van der Waals surface area contributed by atoms with E-state index in [-0.39, 0.29) is 24.0 Å². The molecule has 108 valence electrons. The number of nitrogens with zero attached hydrogens (tertiary/aromatic N) is 1. The van der Waals surface area contributed by atoms with Crippen molar-refractivity contribution in [3.8, 4) is 0 Å². The summed E-state index contributed by atoms with van der Waals surface area (Å²) in [6, 6.07) is -0.00229. The number of hydrogen-bond donors (Lipinski definition) is 2. The Morgan fingerprint density at radius 1 is 1.32 bits per heavy atom. The summed E-state index contributed by atoms with van der Waals surface area (Å²) in [5.74, 6) is -1.07. The number of nitrogens with one attached hydrogen (secondary N) is 1. The Bertz CT molecular complexity index is 342. The topological polar surface area (TPSA) is 78.9 Å². The second-order valence-electron chi connectivity index (χ2n) is 5.48. The van der Waals surface area contributed by atoms with Gasteiger partial charge in [-0.2, -0.15) is 0 Å². The largest absolute Gasteiger partial charge is 0.481 e. The summed E-state index contributed by atoms with van der Waals surface area (Å²) in [7, 11) is 1.77. The molecule has 6 nitrogen and oxygen atoms in total. The molecule has 3 atom stereocenters. The molecule has 3 unspecified atom stereocenters. The highest BCUT2D eigenvalue weighted by atomic mass is 16.5. The van der Waals surface area contributed by atoms with E-state index < -0.39 is 5.97 Å². The molecule has 1 aliphatic carbocycles. The number of carbonyl (C=O) groups is 2. The number of carbonyl (C=O) groups excluding carboxylic acids is 1. The van der Waals surface area contributed by atoms with Crippen molar-refractivity contribution in [1.82, 2.24) is 10.2 Å². The molecule has 2 N–H and O–H groups in total. The van der Waals surface area contributed by atoms with Gasteiger partial charge in [0.2, 0.25) is 0 Å². The van der Waals surface area contributed by atoms with Crippen molar-refractivity contribution in [2.45, 2.75) is 44.2 Å². The van der Waals surface area contributed by atoms with Crippen LogP contribution in [0, 0.1) is 5.92 Å². The molecule has 19 heavy (non-hydrogen) atoms. The second-order valence-corrected chi connectivity index (χ2v) is 5.48. The van der Waals surface area contributed by atoms with Gasteiger partial charge in [0.15, 0.2) is 0 Å². The lowest BCUT2D eigenvalue weighted by Gasteiger charge is -2.30. The van der Waals surface area contributed by atoms with Gasteiger partial charge in [-0.05, 0) is 25.7 Å². The number of amides is 2. The molecule has 1 saturated heterocycles. The Balaban J connectivity index is 1.82. The van der Waals surface area contributed by atoms with Crippen LogP contribution in [0.1, 0.15) is 32.1 Å². The molecule has 0 radical (unpaired) electrons. The Morgan fingerprint density at radius 3 is 2.74 bits per heavy atom. The third kappa shape index (κ3) is 3.59. The van der Waals surface area contributed by atoms with Crippen LogP contribution < -0.4 is 5.32 Å². The van der Waals surface area contributed by atoms with Gasteiger partial charge in [0.05, 0.1) is 18.6 Å². The van der Waals surface area contributed by atoms with Gasteiger partial charge in [-0.25, -0.2) is 4.79 Å². The summed E-state index contributed by atoms with van der Waals surface area (Å²) < 4.78 is 5.27. The average molecular weight is 270 g/mol. The molecule has 1 saturated carbocycles. The van der Waals surface area contributed by atoms with Gasteiger partial charge >= 0.3 is 12.0 Å². The van der Waals surface area contributed by atoms with Crippen molar-refractivity contribution in [2.24, 2.45) is 5.92 Å². The van der Waals surface area contributed by atoms with Crippen molar-refractivity contribution >= 4 is 12.0 Å². The van der Waals surface area contributed by atoms with Gasteiger partial charge in [0.25, 0.3) is 0 Å². The smallest absolute Gasteiger partial charge is 0.317 e. The van der Waals surface area contributed by atoms with Crippen LogP contribution in [0.5, 0.6) is 0 Å². The molecule has 1 aliphatic heterocycles. The third-order valence-corrected chi connectivity index (χ3v) is 4.12.